The molecule has 0 fully saturated rings. The van der Waals surface area contributed by atoms with Gasteiger partial charge in [0.15, 0.2) is 0 Å². The molecule has 2 aromatic heterocycles. The highest BCUT2D eigenvalue weighted by Crippen LogP contribution is 2.50. The summed E-state index contributed by atoms with van der Waals surface area (Å²) in [5.41, 5.74) is 16.1. The number of hydrogen-bond acceptors (Lipinski definition) is 3. The second-order valence-electron chi connectivity index (χ2n) is 14.0. The van der Waals surface area contributed by atoms with Crippen molar-refractivity contribution in [2.75, 3.05) is 0 Å². The van der Waals surface area contributed by atoms with E-state index in [9.17, 15) is 5.11 Å². The number of rotatable bonds is 5. The van der Waals surface area contributed by atoms with E-state index >= 15 is 0 Å². The third-order valence-corrected chi connectivity index (χ3v) is 11.2. The summed E-state index contributed by atoms with van der Waals surface area (Å²) in [6, 6.07) is 52.8. The average molecular weight is 658 g/mol. The van der Waals surface area contributed by atoms with Crippen molar-refractivity contribution in [2.24, 2.45) is 0 Å². The molecule has 0 unspecified atom stereocenters. The lowest BCUT2D eigenvalue weighted by Gasteiger charge is -2.24. The third-order valence-electron chi connectivity index (χ3n) is 11.2. The smallest absolute Gasteiger partial charge is 0.149 e. The summed E-state index contributed by atoms with van der Waals surface area (Å²) < 4.78 is 2.20. The lowest BCUT2D eigenvalue weighted by atomic mass is 9.79. The molecule has 0 atom stereocenters. The Balaban J connectivity index is 1.13. The number of imidazole rings is 1. The van der Waals surface area contributed by atoms with E-state index in [0.717, 1.165) is 75.9 Å². The van der Waals surface area contributed by atoms with E-state index in [1.807, 2.05) is 30.5 Å². The number of nitrogens with zero attached hydrogens (tertiary/aromatic N) is 3. The number of phenolic OH excluding ortho intramolecular Hbond substituents is 1. The Morgan fingerprint density at radius 1 is 0.588 bits per heavy atom. The van der Waals surface area contributed by atoms with E-state index < -0.39 is 0 Å². The van der Waals surface area contributed by atoms with Gasteiger partial charge in [-0.15, -0.1) is 0 Å². The van der Waals surface area contributed by atoms with Crippen molar-refractivity contribution >= 4 is 11.0 Å². The summed E-state index contributed by atoms with van der Waals surface area (Å²) in [5.74, 6) is 0.891. The van der Waals surface area contributed by atoms with Crippen LogP contribution in [0.25, 0.3) is 61.6 Å². The molecule has 244 valence electrons. The van der Waals surface area contributed by atoms with Gasteiger partial charge in [0.1, 0.15) is 11.6 Å². The van der Waals surface area contributed by atoms with Crippen molar-refractivity contribution in [1.82, 2.24) is 14.5 Å². The van der Waals surface area contributed by atoms with Crippen LogP contribution in [0.15, 0.2) is 158 Å². The van der Waals surface area contributed by atoms with Gasteiger partial charge in [0.2, 0.25) is 0 Å². The Bertz CT molecular complexity index is 2590. The molecule has 0 aliphatic heterocycles. The standard InChI is InChI=1S/C47H35N3O/c51-43-23-9-7-19-39(43)46-49-45-37(20-11-22-42(45)50(46)41-21-8-6-18-36(41)31-12-2-1-3-13-31)32-16-10-17-33(28-32)44-38-24-26-47(40(38)25-27-48-44)29-34-14-4-5-15-35(34)30-47/h1-23,25,27-28,51H,24,26,29-30H2. The molecule has 4 heteroatoms. The monoisotopic (exact) mass is 657 g/mol. The Morgan fingerprint density at radius 2 is 1.25 bits per heavy atom. The minimum absolute atomic E-state index is 0.169. The molecule has 6 aromatic carbocycles. The lowest BCUT2D eigenvalue weighted by Crippen LogP contribution is -2.23. The second-order valence-corrected chi connectivity index (χ2v) is 14.0. The lowest BCUT2D eigenvalue weighted by molar-refractivity contribution is 0.449. The van der Waals surface area contributed by atoms with E-state index in [4.69, 9.17) is 9.97 Å². The highest BCUT2D eigenvalue weighted by Gasteiger charge is 2.44. The maximum absolute atomic E-state index is 11.1. The van der Waals surface area contributed by atoms with Crippen molar-refractivity contribution in [3.8, 4) is 56.3 Å². The molecule has 8 aromatic rings. The van der Waals surface area contributed by atoms with Crippen LogP contribution in [0.5, 0.6) is 5.75 Å². The summed E-state index contributed by atoms with van der Waals surface area (Å²) in [4.78, 5) is 10.4. The molecule has 0 saturated carbocycles. The second kappa shape index (κ2) is 11.7. The summed E-state index contributed by atoms with van der Waals surface area (Å²) >= 11 is 0. The molecule has 1 spiro atoms. The first-order chi connectivity index (χ1) is 25.2. The van der Waals surface area contributed by atoms with Gasteiger partial charge in [0, 0.05) is 28.3 Å². The highest BCUT2D eigenvalue weighted by atomic mass is 16.3. The van der Waals surface area contributed by atoms with Crippen LogP contribution in [0.3, 0.4) is 0 Å². The zero-order chi connectivity index (χ0) is 33.9. The number of aromatic hydroxyl groups is 1. The SMILES string of the molecule is Oc1ccccc1-c1nc2c(-c3cccc(-c4nccc5c4CCC54Cc5ccccc5C4)c3)cccc2n1-c1ccccc1-c1ccccc1. The fourth-order valence-electron chi connectivity index (χ4n) is 8.84. The molecular formula is C47H35N3O. The van der Waals surface area contributed by atoms with Crippen LogP contribution in [0.1, 0.15) is 28.7 Å². The van der Waals surface area contributed by atoms with Crippen LogP contribution in [0.2, 0.25) is 0 Å². The number of hydrogen-bond donors (Lipinski definition) is 1. The molecule has 1 N–H and O–H groups in total. The molecular weight excluding hydrogens is 623 g/mol. The van der Waals surface area contributed by atoms with E-state index in [1.54, 1.807) is 6.07 Å². The summed E-state index contributed by atoms with van der Waals surface area (Å²) in [6.07, 6.45) is 6.43. The van der Waals surface area contributed by atoms with Crippen LogP contribution >= 0.6 is 0 Å². The summed E-state index contributed by atoms with van der Waals surface area (Å²) in [7, 11) is 0. The van der Waals surface area contributed by atoms with Crippen LogP contribution in [-0.4, -0.2) is 19.6 Å². The van der Waals surface area contributed by atoms with Gasteiger partial charge in [0.25, 0.3) is 0 Å². The van der Waals surface area contributed by atoms with Gasteiger partial charge < -0.3 is 5.11 Å². The topological polar surface area (TPSA) is 50.9 Å². The number of pyridine rings is 1. The molecule has 0 bridgehead atoms. The Hall–Kier alpha value is -6.26. The number of aromatic nitrogens is 3. The average Bonchev–Trinajstić information content (AvgIpc) is 3.88. The zero-order valence-corrected chi connectivity index (χ0v) is 28.1. The maximum atomic E-state index is 11.1. The minimum Gasteiger partial charge on any atom is -0.507 e. The van der Waals surface area contributed by atoms with Crippen molar-refractivity contribution in [1.29, 1.82) is 0 Å². The quantitative estimate of drug-likeness (QED) is 0.200. The third kappa shape index (κ3) is 4.74. The van der Waals surface area contributed by atoms with Crippen molar-refractivity contribution in [3.63, 3.8) is 0 Å². The van der Waals surface area contributed by atoms with E-state index in [1.165, 1.54) is 22.3 Å². The molecule has 4 nitrogen and oxygen atoms in total. The molecule has 2 aliphatic carbocycles. The first-order valence-electron chi connectivity index (χ1n) is 17.8. The molecule has 0 amide bonds. The first kappa shape index (κ1) is 29.6. The summed E-state index contributed by atoms with van der Waals surface area (Å²) in [5, 5.41) is 11.1. The summed E-state index contributed by atoms with van der Waals surface area (Å²) in [6.45, 7) is 0. The van der Waals surface area contributed by atoms with Gasteiger partial charge in [-0.1, -0.05) is 115 Å². The van der Waals surface area contributed by atoms with Gasteiger partial charge in [-0.2, -0.15) is 0 Å². The number of phenols is 1. The zero-order valence-electron chi connectivity index (χ0n) is 28.1. The number of fused-ring (bicyclic) bond motifs is 4. The predicted octanol–water partition coefficient (Wildman–Crippen LogP) is 10.8. The maximum Gasteiger partial charge on any atom is 0.149 e. The van der Waals surface area contributed by atoms with Gasteiger partial charge >= 0.3 is 0 Å². The van der Waals surface area contributed by atoms with Crippen molar-refractivity contribution in [2.45, 2.75) is 31.1 Å². The minimum atomic E-state index is 0.169. The molecule has 51 heavy (non-hydrogen) atoms. The van der Waals surface area contributed by atoms with Gasteiger partial charge in [0.05, 0.1) is 28.0 Å². The van der Waals surface area contributed by atoms with Gasteiger partial charge in [-0.25, -0.2) is 4.98 Å². The van der Waals surface area contributed by atoms with Crippen molar-refractivity contribution < 1.29 is 5.11 Å². The Morgan fingerprint density at radius 3 is 2.08 bits per heavy atom. The molecule has 10 rings (SSSR count). The van der Waals surface area contributed by atoms with E-state index in [0.29, 0.717) is 11.4 Å². The normalized spacial score (nSPS) is 14.2. The van der Waals surface area contributed by atoms with Gasteiger partial charge in [-0.3, -0.25) is 9.55 Å². The highest BCUT2D eigenvalue weighted by molar-refractivity contribution is 5.97. The molecule has 2 aliphatic rings. The van der Waals surface area contributed by atoms with Crippen molar-refractivity contribution in [3.05, 3.63) is 180 Å². The van der Waals surface area contributed by atoms with Crippen LogP contribution < -0.4 is 0 Å². The van der Waals surface area contributed by atoms with E-state index in [-0.39, 0.29) is 11.2 Å². The van der Waals surface area contributed by atoms with E-state index in [2.05, 4.69) is 126 Å². The first-order valence-corrected chi connectivity index (χ1v) is 17.8. The number of para-hydroxylation sites is 3. The Kier molecular flexibility index (Phi) is 6.78. The molecule has 2 heterocycles. The molecule has 0 radical (unpaired) electrons. The van der Waals surface area contributed by atoms with Gasteiger partial charge in [-0.05, 0) is 95.5 Å². The Labute approximate surface area is 297 Å². The number of benzene rings is 6. The van der Waals surface area contributed by atoms with Crippen LogP contribution in [-0.2, 0) is 24.7 Å². The van der Waals surface area contributed by atoms with Crippen LogP contribution in [0.4, 0.5) is 0 Å². The van der Waals surface area contributed by atoms with Crippen LogP contribution in [0, 0.1) is 0 Å². The largest absolute Gasteiger partial charge is 0.507 e. The predicted molar refractivity (Wildman–Crippen MR) is 206 cm³/mol. The fourth-order valence-corrected chi connectivity index (χ4v) is 8.84. The molecule has 0 saturated heterocycles. The fraction of sp³-hybridized carbons (Fsp3) is 0.106.